The summed E-state index contributed by atoms with van der Waals surface area (Å²) >= 11 is 0. The number of nitrogens with zero attached hydrogens (tertiary/aromatic N) is 1. The van der Waals surface area contributed by atoms with Crippen molar-refractivity contribution in [2.45, 2.75) is 32.1 Å². The van der Waals surface area contributed by atoms with Gasteiger partial charge in [0.15, 0.2) is 0 Å². The van der Waals surface area contributed by atoms with Crippen molar-refractivity contribution < 1.29 is 0 Å². The largest absolute Gasteiger partial charge is 0.348 e. The van der Waals surface area contributed by atoms with Gasteiger partial charge in [0.25, 0.3) is 0 Å². The van der Waals surface area contributed by atoms with Crippen molar-refractivity contribution in [2.75, 3.05) is 11.9 Å². The van der Waals surface area contributed by atoms with Gasteiger partial charge in [-0.05, 0) is 25.0 Å². The summed E-state index contributed by atoms with van der Waals surface area (Å²) in [6.07, 6.45) is 2.37. The van der Waals surface area contributed by atoms with Gasteiger partial charge in [0.2, 0.25) is 0 Å². The summed E-state index contributed by atoms with van der Waals surface area (Å²) in [7, 11) is 2.11. The van der Waals surface area contributed by atoms with E-state index < -0.39 is 0 Å². The van der Waals surface area contributed by atoms with Crippen LogP contribution in [0.5, 0.6) is 0 Å². The summed E-state index contributed by atoms with van der Waals surface area (Å²) in [5.41, 5.74) is 4.11. The average molecular weight is 201 g/mol. The molecule has 0 aliphatic carbocycles. The summed E-state index contributed by atoms with van der Waals surface area (Å²) in [6.45, 7) is 8.79. The predicted molar refractivity (Wildman–Crippen MR) is 66.2 cm³/mol. The van der Waals surface area contributed by atoms with Gasteiger partial charge < -0.3 is 4.90 Å². The van der Waals surface area contributed by atoms with E-state index in [-0.39, 0.29) is 5.41 Å². The van der Waals surface area contributed by atoms with Crippen molar-refractivity contribution in [1.82, 2.24) is 0 Å². The standard InChI is InChI=1S/C14H19N/c1-5-10-14(3)11(2)15(4)13-9-7-6-8-12(13)14/h6-9H,2,5,10H2,1,3-4H3/t14-/m1/s1. The second kappa shape index (κ2) is 3.41. The molecule has 0 amide bonds. The van der Waals surface area contributed by atoms with E-state index >= 15 is 0 Å². The molecule has 0 aromatic heterocycles. The summed E-state index contributed by atoms with van der Waals surface area (Å²) in [4.78, 5) is 2.23. The monoisotopic (exact) mass is 201 g/mol. The Morgan fingerprint density at radius 1 is 1.33 bits per heavy atom. The van der Waals surface area contributed by atoms with E-state index in [1.165, 1.54) is 29.8 Å². The SMILES string of the molecule is C=C1N(C)c2ccccc2[C@]1(C)CCC. The zero-order valence-electron chi connectivity index (χ0n) is 9.88. The van der Waals surface area contributed by atoms with Crippen molar-refractivity contribution in [3.8, 4) is 0 Å². The lowest BCUT2D eigenvalue weighted by Crippen LogP contribution is -2.25. The molecule has 0 unspecified atom stereocenters. The normalized spacial score (nSPS) is 24.5. The molecule has 1 nitrogen and oxygen atoms in total. The van der Waals surface area contributed by atoms with Crippen LogP contribution in [0.15, 0.2) is 36.5 Å². The third kappa shape index (κ3) is 1.30. The minimum absolute atomic E-state index is 0.139. The van der Waals surface area contributed by atoms with Crippen LogP contribution in [0, 0.1) is 0 Å². The molecule has 0 fully saturated rings. The van der Waals surface area contributed by atoms with Crippen molar-refractivity contribution in [3.63, 3.8) is 0 Å². The third-order valence-corrected chi connectivity index (χ3v) is 3.65. The molecule has 1 heteroatoms. The van der Waals surface area contributed by atoms with Crippen LogP contribution < -0.4 is 4.90 Å². The molecule has 1 aliphatic heterocycles. The van der Waals surface area contributed by atoms with E-state index in [1.54, 1.807) is 0 Å². The minimum Gasteiger partial charge on any atom is -0.348 e. The van der Waals surface area contributed by atoms with Crippen molar-refractivity contribution >= 4 is 5.69 Å². The maximum absolute atomic E-state index is 4.25. The number of hydrogen-bond donors (Lipinski definition) is 0. The van der Waals surface area contributed by atoms with Crippen LogP contribution in [0.1, 0.15) is 32.3 Å². The predicted octanol–water partition coefficient (Wildman–Crippen LogP) is 3.71. The topological polar surface area (TPSA) is 3.24 Å². The first-order chi connectivity index (χ1) is 7.11. The molecular formula is C14H19N. The Morgan fingerprint density at radius 2 is 2.00 bits per heavy atom. The first-order valence-electron chi connectivity index (χ1n) is 5.64. The number of hydrogen-bond acceptors (Lipinski definition) is 1. The Bertz CT molecular complexity index is 394. The number of rotatable bonds is 2. The summed E-state index contributed by atoms with van der Waals surface area (Å²) in [5.74, 6) is 0. The first-order valence-corrected chi connectivity index (χ1v) is 5.64. The average Bonchev–Trinajstić information content (AvgIpc) is 2.43. The van der Waals surface area contributed by atoms with Gasteiger partial charge in [-0.25, -0.2) is 0 Å². The molecular weight excluding hydrogens is 182 g/mol. The molecule has 80 valence electrons. The van der Waals surface area contributed by atoms with E-state index in [0.717, 1.165) is 0 Å². The molecule has 0 bridgehead atoms. The highest BCUT2D eigenvalue weighted by molar-refractivity contribution is 5.69. The summed E-state index contributed by atoms with van der Waals surface area (Å²) in [6, 6.07) is 8.64. The number of allylic oxidation sites excluding steroid dienone is 1. The number of para-hydroxylation sites is 1. The highest BCUT2D eigenvalue weighted by Crippen LogP contribution is 2.48. The van der Waals surface area contributed by atoms with E-state index in [4.69, 9.17) is 0 Å². The fourth-order valence-corrected chi connectivity index (χ4v) is 2.68. The van der Waals surface area contributed by atoms with Crippen LogP contribution in [-0.4, -0.2) is 7.05 Å². The Morgan fingerprint density at radius 3 is 2.67 bits per heavy atom. The molecule has 2 rings (SSSR count). The fraction of sp³-hybridized carbons (Fsp3) is 0.429. The van der Waals surface area contributed by atoms with Gasteiger partial charge in [0.05, 0.1) is 0 Å². The zero-order chi connectivity index (χ0) is 11.1. The van der Waals surface area contributed by atoms with E-state index in [1.807, 2.05) is 0 Å². The Kier molecular flexibility index (Phi) is 2.34. The minimum atomic E-state index is 0.139. The smallest absolute Gasteiger partial charge is 0.0447 e. The second-order valence-electron chi connectivity index (χ2n) is 4.60. The molecule has 1 heterocycles. The quantitative estimate of drug-likeness (QED) is 0.705. The first kappa shape index (κ1) is 10.3. The van der Waals surface area contributed by atoms with Crippen LogP contribution in [0.3, 0.4) is 0 Å². The van der Waals surface area contributed by atoms with Gasteiger partial charge in [-0.15, -0.1) is 0 Å². The van der Waals surface area contributed by atoms with Crippen molar-refractivity contribution in [3.05, 3.63) is 42.1 Å². The van der Waals surface area contributed by atoms with Crippen LogP contribution >= 0.6 is 0 Å². The van der Waals surface area contributed by atoms with Gasteiger partial charge in [-0.2, -0.15) is 0 Å². The van der Waals surface area contributed by atoms with Crippen LogP contribution in [0.2, 0.25) is 0 Å². The molecule has 0 N–H and O–H groups in total. The highest BCUT2D eigenvalue weighted by Gasteiger charge is 2.39. The van der Waals surface area contributed by atoms with E-state index in [0.29, 0.717) is 0 Å². The Labute approximate surface area is 92.4 Å². The Hall–Kier alpha value is -1.24. The Balaban J connectivity index is 2.55. The second-order valence-corrected chi connectivity index (χ2v) is 4.60. The number of likely N-dealkylation sites (N-methyl/N-ethyl adjacent to an activating group) is 1. The third-order valence-electron chi connectivity index (χ3n) is 3.65. The molecule has 0 saturated heterocycles. The van der Waals surface area contributed by atoms with Gasteiger partial charge in [0.1, 0.15) is 0 Å². The molecule has 1 atom stereocenters. The van der Waals surface area contributed by atoms with Crippen LogP contribution in [0.25, 0.3) is 0 Å². The number of benzene rings is 1. The van der Waals surface area contributed by atoms with Crippen LogP contribution in [0.4, 0.5) is 5.69 Å². The van der Waals surface area contributed by atoms with E-state index in [2.05, 4.69) is 56.6 Å². The molecule has 1 aromatic rings. The van der Waals surface area contributed by atoms with Crippen molar-refractivity contribution in [1.29, 1.82) is 0 Å². The fourth-order valence-electron chi connectivity index (χ4n) is 2.68. The summed E-state index contributed by atoms with van der Waals surface area (Å²) < 4.78 is 0. The van der Waals surface area contributed by atoms with Crippen LogP contribution in [-0.2, 0) is 5.41 Å². The molecule has 15 heavy (non-hydrogen) atoms. The number of anilines is 1. The summed E-state index contributed by atoms with van der Waals surface area (Å²) in [5, 5.41) is 0. The molecule has 1 aromatic carbocycles. The maximum Gasteiger partial charge on any atom is 0.0447 e. The lowest BCUT2D eigenvalue weighted by atomic mass is 9.78. The van der Waals surface area contributed by atoms with E-state index in [9.17, 15) is 0 Å². The lowest BCUT2D eigenvalue weighted by molar-refractivity contribution is 0.514. The lowest BCUT2D eigenvalue weighted by Gasteiger charge is -2.27. The molecule has 1 aliphatic rings. The maximum atomic E-state index is 4.25. The van der Waals surface area contributed by atoms with Gasteiger partial charge in [-0.1, -0.05) is 38.1 Å². The number of fused-ring (bicyclic) bond motifs is 1. The molecule has 0 radical (unpaired) electrons. The van der Waals surface area contributed by atoms with Gasteiger partial charge in [-0.3, -0.25) is 0 Å². The van der Waals surface area contributed by atoms with Gasteiger partial charge >= 0.3 is 0 Å². The molecule has 0 saturated carbocycles. The highest BCUT2D eigenvalue weighted by atomic mass is 15.2. The molecule has 0 spiro atoms. The zero-order valence-corrected chi connectivity index (χ0v) is 9.88. The van der Waals surface area contributed by atoms with Gasteiger partial charge in [0, 0.05) is 23.8 Å². The van der Waals surface area contributed by atoms with Crippen molar-refractivity contribution in [2.24, 2.45) is 0 Å².